The van der Waals surface area contributed by atoms with Crippen LogP contribution in [0.5, 0.6) is 0 Å². The fourth-order valence-corrected chi connectivity index (χ4v) is 3.97. The van der Waals surface area contributed by atoms with Crippen molar-refractivity contribution in [3.05, 3.63) is 52.4 Å². The minimum absolute atomic E-state index is 0.0893. The summed E-state index contributed by atoms with van der Waals surface area (Å²) in [4.78, 5) is 29.1. The van der Waals surface area contributed by atoms with Crippen molar-refractivity contribution in [2.24, 2.45) is 0 Å². The van der Waals surface area contributed by atoms with Gasteiger partial charge in [0.15, 0.2) is 0 Å². The van der Waals surface area contributed by atoms with Gasteiger partial charge in [0.2, 0.25) is 11.7 Å². The van der Waals surface area contributed by atoms with Crippen molar-refractivity contribution in [1.82, 2.24) is 15.0 Å². The van der Waals surface area contributed by atoms with Crippen molar-refractivity contribution in [1.29, 1.82) is 0 Å². The maximum absolute atomic E-state index is 13.0. The van der Waals surface area contributed by atoms with Gasteiger partial charge in [-0.2, -0.15) is 0 Å². The fraction of sp³-hybridized carbons (Fsp3) is 0.476. The zero-order valence-electron chi connectivity index (χ0n) is 15.7. The van der Waals surface area contributed by atoms with Gasteiger partial charge in [0.25, 0.3) is 5.91 Å². The molecule has 0 saturated carbocycles. The van der Waals surface area contributed by atoms with Crippen LogP contribution in [0.15, 0.2) is 28.8 Å². The van der Waals surface area contributed by atoms with Crippen LogP contribution in [0.25, 0.3) is 0 Å². The highest BCUT2D eigenvalue weighted by molar-refractivity contribution is 5.93. The van der Waals surface area contributed by atoms with Crippen LogP contribution in [0.4, 0.5) is 0 Å². The molecule has 0 radical (unpaired) electrons. The molecule has 1 aliphatic heterocycles. The molecule has 2 amide bonds. The van der Waals surface area contributed by atoms with Gasteiger partial charge in [-0.05, 0) is 38.2 Å². The van der Waals surface area contributed by atoms with Gasteiger partial charge in [-0.15, -0.1) is 0 Å². The Balaban J connectivity index is 1.45. The molecule has 6 nitrogen and oxygen atoms in total. The van der Waals surface area contributed by atoms with Gasteiger partial charge in [-0.3, -0.25) is 9.59 Å². The molecule has 1 aromatic carbocycles. The molecule has 142 valence electrons. The Hall–Kier alpha value is -2.63. The van der Waals surface area contributed by atoms with Crippen molar-refractivity contribution in [3.8, 4) is 0 Å². The van der Waals surface area contributed by atoms with E-state index in [9.17, 15) is 9.59 Å². The van der Waals surface area contributed by atoms with Gasteiger partial charge in [0, 0.05) is 38.2 Å². The van der Waals surface area contributed by atoms with Crippen molar-refractivity contribution < 1.29 is 14.1 Å². The number of nitrogens with zero attached hydrogens (tertiary/aromatic N) is 3. The second-order valence-electron chi connectivity index (χ2n) is 7.49. The minimum atomic E-state index is -0.129. The van der Waals surface area contributed by atoms with Crippen molar-refractivity contribution >= 4 is 11.8 Å². The lowest BCUT2D eigenvalue weighted by molar-refractivity contribution is -0.130. The summed E-state index contributed by atoms with van der Waals surface area (Å²) in [6.45, 7) is 4.12. The Morgan fingerprint density at radius 1 is 1.15 bits per heavy atom. The van der Waals surface area contributed by atoms with Crippen molar-refractivity contribution in [3.63, 3.8) is 0 Å². The first-order valence-electron chi connectivity index (χ1n) is 9.72. The molecule has 6 heteroatoms. The van der Waals surface area contributed by atoms with E-state index in [0.717, 1.165) is 42.5 Å². The van der Waals surface area contributed by atoms with Crippen LogP contribution in [-0.2, 0) is 24.2 Å². The molecule has 0 N–H and O–H groups in total. The van der Waals surface area contributed by atoms with Crippen LogP contribution in [0.2, 0.25) is 0 Å². The third kappa shape index (κ3) is 3.75. The van der Waals surface area contributed by atoms with Gasteiger partial charge >= 0.3 is 0 Å². The Bertz CT molecular complexity index is 858. The second-order valence-corrected chi connectivity index (χ2v) is 7.49. The summed E-state index contributed by atoms with van der Waals surface area (Å²) in [7, 11) is 0. The monoisotopic (exact) mass is 367 g/mol. The summed E-state index contributed by atoms with van der Waals surface area (Å²) in [5, 5.41) is 4.09. The summed E-state index contributed by atoms with van der Waals surface area (Å²) < 4.78 is 5.40. The number of fused-ring (bicyclic) bond motifs is 1. The molecule has 2 aromatic rings. The van der Waals surface area contributed by atoms with E-state index in [0.29, 0.717) is 38.4 Å². The van der Waals surface area contributed by atoms with E-state index in [1.807, 2.05) is 30.0 Å². The molecule has 2 aliphatic rings. The first-order valence-corrected chi connectivity index (χ1v) is 9.72. The number of aromatic nitrogens is 1. The van der Waals surface area contributed by atoms with Crippen molar-refractivity contribution in [2.45, 2.75) is 45.6 Å². The minimum Gasteiger partial charge on any atom is -0.350 e. The summed E-state index contributed by atoms with van der Waals surface area (Å²) >= 11 is 0. The van der Waals surface area contributed by atoms with Crippen molar-refractivity contribution in [2.75, 3.05) is 19.6 Å². The lowest BCUT2D eigenvalue weighted by Crippen LogP contribution is -2.36. The van der Waals surface area contributed by atoms with E-state index >= 15 is 0 Å². The van der Waals surface area contributed by atoms with Gasteiger partial charge < -0.3 is 14.3 Å². The van der Waals surface area contributed by atoms with E-state index in [1.54, 1.807) is 4.90 Å². The van der Waals surface area contributed by atoms with Crippen LogP contribution in [0, 0.1) is 6.92 Å². The second kappa shape index (κ2) is 7.55. The van der Waals surface area contributed by atoms with E-state index in [4.69, 9.17) is 4.52 Å². The third-order valence-corrected chi connectivity index (χ3v) is 5.49. The molecule has 2 heterocycles. The quantitative estimate of drug-likeness (QED) is 0.837. The van der Waals surface area contributed by atoms with Gasteiger partial charge in [0.1, 0.15) is 0 Å². The Morgan fingerprint density at radius 3 is 2.85 bits per heavy atom. The smallest absolute Gasteiger partial charge is 0.292 e. The predicted octanol–water partition coefficient (Wildman–Crippen LogP) is 2.74. The van der Waals surface area contributed by atoms with Crippen LogP contribution < -0.4 is 0 Å². The number of hydrogen-bond donors (Lipinski definition) is 0. The number of benzene rings is 1. The van der Waals surface area contributed by atoms with Crippen LogP contribution in [0.1, 0.15) is 52.2 Å². The predicted molar refractivity (Wildman–Crippen MR) is 100 cm³/mol. The molecule has 0 atom stereocenters. The zero-order valence-corrected chi connectivity index (χ0v) is 15.7. The maximum Gasteiger partial charge on any atom is 0.292 e. The topological polar surface area (TPSA) is 66.7 Å². The summed E-state index contributed by atoms with van der Waals surface area (Å²) in [5.74, 6) is 0.339. The molecule has 1 saturated heterocycles. The van der Waals surface area contributed by atoms with E-state index in [2.05, 4.69) is 11.2 Å². The standard InChI is InChI=1S/C21H25N3O3/c1-15-5-4-6-16(13-15)14-24-12-11-23(10-9-19(24)25)21(26)20-17-7-2-3-8-18(17)22-27-20/h4-6,13H,2-3,7-12,14H2,1H3. The highest BCUT2D eigenvalue weighted by Gasteiger charge is 2.30. The summed E-state index contributed by atoms with van der Waals surface area (Å²) in [5.41, 5.74) is 4.20. The van der Waals surface area contributed by atoms with Crippen LogP contribution in [0.3, 0.4) is 0 Å². The van der Waals surface area contributed by atoms with Crippen LogP contribution in [-0.4, -0.2) is 46.4 Å². The fourth-order valence-electron chi connectivity index (χ4n) is 3.97. The Labute approximate surface area is 159 Å². The maximum atomic E-state index is 13.0. The molecule has 0 bridgehead atoms. The normalized spacial score (nSPS) is 17.6. The average Bonchev–Trinajstić information content (AvgIpc) is 3.02. The molecule has 1 aliphatic carbocycles. The molecule has 0 spiro atoms. The molecular formula is C21H25N3O3. The number of aryl methyl sites for hydroxylation is 2. The summed E-state index contributed by atoms with van der Waals surface area (Å²) in [6.07, 6.45) is 4.24. The molecule has 1 fully saturated rings. The molecular weight excluding hydrogens is 342 g/mol. The molecule has 0 unspecified atom stereocenters. The Morgan fingerprint density at radius 2 is 2.00 bits per heavy atom. The van der Waals surface area contributed by atoms with E-state index in [-0.39, 0.29) is 11.8 Å². The Kier molecular flexibility index (Phi) is 4.97. The first kappa shape index (κ1) is 17.8. The van der Waals surface area contributed by atoms with E-state index in [1.165, 1.54) is 5.56 Å². The third-order valence-electron chi connectivity index (χ3n) is 5.49. The zero-order chi connectivity index (χ0) is 18.8. The van der Waals surface area contributed by atoms with Gasteiger partial charge in [-0.1, -0.05) is 35.0 Å². The summed E-state index contributed by atoms with van der Waals surface area (Å²) in [6, 6.07) is 8.19. The largest absolute Gasteiger partial charge is 0.350 e. The highest BCUT2D eigenvalue weighted by atomic mass is 16.5. The number of carbonyl (C=O) groups excluding carboxylic acids is 2. The number of amides is 2. The van der Waals surface area contributed by atoms with Gasteiger partial charge in [0.05, 0.1) is 5.69 Å². The number of hydrogen-bond acceptors (Lipinski definition) is 4. The first-order chi connectivity index (χ1) is 13.1. The number of carbonyl (C=O) groups is 2. The lowest BCUT2D eigenvalue weighted by atomic mass is 9.96. The average molecular weight is 367 g/mol. The molecule has 4 rings (SSSR count). The number of rotatable bonds is 3. The lowest BCUT2D eigenvalue weighted by Gasteiger charge is -2.22. The molecule has 1 aromatic heterocycles. The van der Waals surface area contributed by atoms with Gasteiger partial charge in [-0.25, -0.2) is 0 Å². The van der Waals surface area contributed by atoms with E-state index < -0.39 is 0 Å². The molecule has 27 heavy (non-hydrogen) atoms. The highest BCUT2D eigenvalue weighted by Crippen LogP contribution is 2.25. The van der Waals surface area contributed by atoms with Crippen LogP contribution >= 0.6 is 0 Å². The SMILES string of the molecule is Cc1cccc(CN2CCN(C(=O)c3onc4c3CCCC4)CCC2=O)c1.